The number of hydrogen-bond acceptors (Lipinski definition) is 4. The first-order chi connectivity index (χ1) is 10.2. The van der Waals surface area contributed by atoms with Crippen LogP contribution in [0.4, 0.5) is 5.82 Å². The Morgan fingerprint density at radius 3 is 2.86 bits per heavy atom. The van der Waals surface area contributed by atoms with Gasteiger partial charge in [-0.3, -0.25) is 4.90 Å². The van der Waals surface area contributed by atoms with E-state index in [1.165, 1.54) is 45.2 Å². The van der Waals surface area contributed by atoms with Gasteiger partial charge in [-0.2, -0.15) is 0 Å². The summed E-state index contributed by atoms with van der Waals surface area (Å²) in [4.78, 5) is 11.8. The molecular formula is C17H30N4. The Hall–Kier alpha value is -1.16. The number of nitrogens with zero attached hydrogens (tertiary/aromatic N) is 3. The lowest BCUT2D eigenvalue weighted by atomic mass is 9.96. The summed E-state index contributed by atoms with van der Waals surface area (Å²) >= 11 is 0. The highest BCUT2D eigenvalue weighted by Crippen LogP contribution is 2.22. The molecule has 0 amide bonds. The van der Waals surface area contributed by atoms with Crippen LogP contribution in [0.2, 0.25) is 0 Å². The highest BCUT2D eigenvalue weighted by molar-refractivity contribution is 5.35. The molecule has 4 nitrogen and oxygen atoms in total. The first-order valence-electron chi connectivity index (χ1n) is 8.52. The van der Waals surface area contributed by atoms with Crippen molar-refractivity contribution in [3.05, 3.63) is 17.6 Å². The number of nitrogens with one attached hydrogen (secondary N) is 1. The van der Waals surface area contributed by atoms with Crippen LogP contribution >= 0.6 is 0 Å². The first kappa shape index (κ1) is 16.2. The predicted molar refractivity (Wildman–Crippen MR) is 88.5 cm³/mol. The Bertz CT molecular complexity index is 433. The molecule has 1 fully saturated rings. The average Bonchev–Trinajstić information content (AvgIpc) is 2.65. The normalized spacial score (nSPS) is 20.2. The summed E-state index contributed by atoms with van der Waals surface area (Å²) in [6.45, 7) is 10.6. The first-order valence-corrected chi connectivity index (χ1v) is 8.52. The van der Waals surface area contributed by atoms with Gasteiger partial charge in [-0.1, -0.05) is 19.8 Å². The summed E-state index contributed by atoms with van der Waals surface area (Å²) in [7, 11) is 0. The number of anilines is 1. The molecule has 2 rings (SSSR count). The van der Waals surface area contributed by atoms with E-state index in [0.29, 0.717) is 0 Å². The molecule has 21 heavy (non-hydrogen) atoms. The minimum absolute atomic E-state index is 0.888. The summed E-state index contributed by atoms with van der Waals surface area (Å²) in [5.74, 6) is 2.84. The van der Waals surface area contributed by atoms with E-state index >= 15 is 0 Å². The Morgan fingerprint density at radius 1 is 1.24 bits per heavy atom. The standard InChI is InChI=1S/C17H30N4/c1-4-7-15-8-6-10-21(11-9-15)13-17-19-14(3)12-16(20-17)18-5-2/h12,15H,4-11,13H2,1-3H3,(H,18,19,20). The molecule has 0 aromatic carbocycles. The SMILES string of the molecule is CCCC1CCCN(Cc2nc(C)cc(NCC)n2)CC1. The van der Waals surface area contributed by atoms with Crippen molar-refractivity contribution >= 4 is 5.82 Å². The summed E-state index contributed by atoms with van der Waals surface area (Å²) in [6.07, 6.45) is 6.75. The second kappa shape index (κ2) is 8.32. The molecule has 1 aliphatic rings. The van der Waals surface area contributed by atoms with E-state index in [9.17, 15) is 0 Å². The van der Waals surface area contributed by atoms with Crippen molar-refractivity contribution in [2.75, 3.05) is 25.0 Å². The van der Waals surface area contributed by atoms with E-state index in [1.54, 1.807) is 0 Å². The number of rotatable bonds is 6. The summed E-state index contributed by atoms with van der Waals surface area (Å²) in [5.41, 5.74) is 1.05. The lowest BCUT2D eigenvalue weighted by Crippen LogP contribution is -2.25. The smallest absolute Gasteiger partial charge is 0.144 e. The zero-order valence-corrected chi connectivity index (χ0v) is 13.9. The number of hydrogen-bond donors (Lipinski definition) is 1. The summed E-state index contributed by atoms with van der Waals surface area (Å²) < 4.78 is 0. The van der Waals surface area contributed by atoms with Crippen molar-refractivity contribution in [3.63, 3.8) is 0 Å². The van der Waals surface area contributed by atoms with Gasteiger partial charge in [0, 0.05) is 18.3 Å². The summed E-state index contributed by atoms with van der Waals surface area (Å²) in [5, 5.41) is 3.29. The Balaban J connectivity index is 1.94. The van der Waals surface area contributed by atoms with Gasteiger partial charge in [0.25, 0.3) is 0 Å². The van der Waals surface area contributed by atoms with Crippen LogP contribution in [-0.2, 0) is 6.54 Å². The van der Waals surface area contributed by atoms with Crippen LogP contribution < -0.4 is 5.32 Å². The van der Waals surface area contributed by atoms with E-state index in [2.05, 4.69) is 34.0 Å². The van der Waals surface area contributed by atoms with Crippen LogP contribution in [-0.4, -0.2) is 34.5 Å². The van der Waals surface area contributed by atoms with Crippen molar-refractivity contribution in [2.45, 2.75) is 59.4 Å². The molecular weight excluding hydrogens is 260 g/mol. The molecule has 1 aromatic heterocycles. The minimum Gasteiger partial charge on any atom is -0.370 e. The van der Waals surface area contributed by atoms with Crippen molar-refractivity contribution in [2.24, 2.45) is 5.92 Å². The Kier molecular flexibility index (Phi) is 6.43. The monoisotopic (exact) mass is 290 g/mol. The van der Waals surface area contributed by atoms with Crippen LogP contribution in [0.15, 0.2) is 6.07 Å². The number of likely N-dealkylation sites (tertiary alicyclic amines) is 1. The fourth-order valence-electron chi connectivity index (χ4n) is 3.25. The fourth-order valence-corrected chi connectivity index (χ4v) is 3.25. The second-order valence-corrected chi connectivity index (χ2v) is 6.20. The molecule has 1 atom stereocenters. The molecule has 1 unspecified atom stereocenters. The molecule has 4 heteroatoms. The molecule has 1 aromatic rings. The van der Waals surface area contributed by atoms with Gasteiger partial charge in [-0.15, -0.1) is 0 Å². The Labute approximate surface area is 129 Å². The van der Waals surface area contributed by atoms with Crippen molar-refractivity contribution in [3.8, 4) is 0 Å². The predicted octanol–water partition coefficient (Wildman–Crippen LogP) is 3.62. The van der Waals surface area contributed by atoms with Crippen molar-refractivity contribution in [1.29, 1.82) is 0 Å². The number of aryl methyl sites for hydroxylation is 1. The van der Waals surface area contributed by atoms with Crippen LogP contribution in [0.3, 0.4) is 0 Å². The van der Waals surface area contributed by atoms with Crippen LogP contribution in [0.1, 0.15) is 57.5 Å². The van der Waals surface area contributed by atoms with Gasteiger partial charge >= 0.3 is 0 Å². The maximum atomic E-state index is 4.64. The van der Waals surface area contributed by atoms with Gasteiger partial charge in [0.05, 0.1) is 6.54 Å². The lowest BCUT2D eigenvalue weighted by Gasteiger charge is -2.19. The van der Waals surface area contributed by atoms with Crippen LogP contribution in [0.25, 0.3) is 0 Å². The van der Waals surface area contributed by atoms with E-state index in [1.807, 2.05) is 13.0 Å². The second-order valence-electron chi connectivity index (χ2n) is 6.20. The van der Waals surface area contributed by atoms with Gasteiger partial charge in [-0.25, -0.2) is 9.97 Å². The third-order valence-corrected chi connectivity index (χ3v) is 4.26. The third kappa shape index (κ3) is 5.27. The maximum Gasteiger partial charge on any atom is 0.144 e. The van der Waals surface area contributed by atoms with Crippen LogP contribution in [0, 0.1) is 12.8 Å². The molecule has 1 saturated heterocycles. The molecule has 0 saturated carbocycles. The zero-order chi connectivity index (χ0) is 15.1. The molecule has 0 bridgehead atoms. The largest absolute Gasteiger partial charge is 0.370 e. The van der Waals surface area contributed by atoms with Crippen molar-refractivity contribution < 1.29 is 0 Å². The summed E-state index contributed by atoms with van der Waals surface area (Å²) in [6, 6.07) is 2.02. The average molecular weight is 290 g/mol. The lowest BCUT2D eigenvalue weighted by molar-refractivity contribution is 0.264. The quantitative estimate of drug-likeness (QED) is 0.869. The molecule has 1 aliphatic heterocycles. The molecule has 0 aliphatic carbocycles. The van der Waals surface area contributed by atoms with E-state index in [-0.39, 0.29) is 0 Å². The zero-order valence-electron chi connectivity index (χ0n) is 13.9. The van der Waals surface area contributed by atoms with E-state index in [4.69, 9.17) is 0 Å². The van der Waals surface area contributed by atoms with Gasteiger partial charge in [-0.05, 0) is 52.1 Å². The van der Waals surface area contributed by atoms with Gasteiger partial charge in [0.1, 0.15) is 11.6 Å². The Morgan fingerprint density at radius 2 is 2.10 bits per heavy atom. The van der Waals surface area contributed by atoms with Crippen molar-refractivity contribution in [1.82, 2.24) is 14.9 Å². The molecule has 118 valence electrons. The van der Waals surface area contributed by atoms with E-state index in [0.717, 1.165) is 36.3 Å². The molecule has 0 radical (unpaired) electrons. The number of aromatic nitrogens is 2. The minimum atomic E-state index is 0.888. The fraction of sp³-hybridized carbons (Fsp3) is 0.765. The topological polar surface area (TPSA) is 41.1 Å². The van der Waals surface area contributed by atoms with E-state index < -0.39 is 0 Å². The molecule has 0 spiro atoms. The van der Waals surface area contributed by atoms with Crippen LogP contribution in [0.5, 0.6) is 0 Å². The molecule has 1 N–H and O–H groups in total. The third-order valence-electron chi connectivity index (χ3n) is 4.26. The molecule has 2 heterocycles. The highest BCUT2D eigenvalue weighted by Gasteiger charge is 2.17. The highest BCUT2D eigenvalue weighted by atomic mass is 15.2. The van der Waals surface area contributed by atoms with Gasteiger partial charge in [0.2, 0.25) is 0 Å². The maximum absolute atomic E-state index is 4.64. The van der Waals surface area contributed by atoms with Gasteiger partial charge in [0.15, 0.2) is 0 Å². The van der Waals surface area contributed by atoms with Gasteiger partial charge < -0.3 is 5.32 Å².